The number of aromatic nitrogens is 1. The normalized spacial score (nSPS) is 31.7. The van der Waals surface area contributed by atoms with Crippen LogP contribution in [0.3, 0.4) is 0 Å². The molecule has 1 aromatic rings. The van der Waals surface area contributed by atoms with Crippen molar-refractivity contribution in [3.63, 3.8) is 0 Å². The number of hydrogen-bond acceptors (Lipinski definition) is 5. The van der Waals surface area contributed by atoms with Gasteiger partial charge in [0.2, 0.25) is 11.8 Å². The maximum absolute atomic E-state index is 13.2. The number of rotatable bonds is 7. The summed E-state index contributed by atoms with van der Waals surface area (Å²) in [4.78, 5) is 27.8. The van der Waals surface area contributed by atoms with Gasteiger partial charge in [-0.3, -0.25) is 14.5 Å². The summed E-state index contributed by atoms with van der Waals surface area (Å²) in [5.74, 6) is 0.563. The van der Waals surface area contributed by atoms with Crippen LogP contribution in [-0.4, -0.2) is 41.3 Å². The fraction of sp³-hybridized carbons (Fsp3) is 0.667. The van der Waals surface area contributed by atoms with E-state index in [4.69, 9.17) is 9.26 Å². The zero-order valence-corrected chi connectivity index (χ0v) is 17.0. The first-order chi connectivity index (χ1) is 13.3. The van der Waals surface area contributed by atoms with E-state index in [2.05, 4.69) is 24.3 Å². The van der Waals surface area contributed by atoms with Gasteiger partial charge in [-0.25, -0.2) is 0 Å². The van der Waals surface area contributed by atoms with Crippen molar-refractivity contribution in [2.24, 2.45) is 17.8 Å². The fourth-order valence-electron chi connectivity index (χ4n) is 4.72. The minimum Gasteiger partial charge on any atom is -0.360 e. The van der Waals surface area contributed by atoms with Gasteiger partial charge < -0.3 is 14.6 Å². The monoisotopic (exact) mass is 387 g/mol. The lowest BCUT2D eigenvalue weighted by molar-refractivity contribution is -0.132. The molecule has 4 rings (SSSR count). The second-order valence-corrected chi connectivity index (χ2v) is 8.85. The van der Waals surface area contributed by atoms with Gasteiger partial charge in [0.25, 0.3) is 0 Å². The Hall–Kier alpha value is -2.15. The van der Waals surface area contributed by atoms with E-state index in [9.17, 15) is 9.59 Å². The van der Waals surface area contributed by atoms with Crippen LogP contribution in [0.1, 0.15) is 45.8 Å². The highest BCUT2D eigenvalue weighted by molar-refractivity contribution is 6.02. The van der Waals surface area contributed by atoms with Crippen LogP contribution in [0.25, 0.3) is 0 Å². The van der Waals surface area contributed by atoms with Crippen molar-refractivity contribution in [1.82, 2.24) is 10.5 Å². The lowest BCUT2D eigenvalue weighted by Gasteiger charge is -2.25. The van der Waals surface area contributed by atoms with E-state index in [1.165, 1.54) is 0 Å². The first kappa shape index (κ1) is 19.2. The molecule has 0 unspecified atom stereocenters. The molecule has 2 amide bonds. The molecule has 7 heteroatoms. The van der Waals surface area contributed by atoms with Gasteiger partial charge in [0, 0.05) is 12.1 Å². The summed E-state index contributed by atoms with van der Waals surface area (Å²) in [6.07, 6.45) is 6.70. The number of nitrogens with one attached hydrogen (secondary N) is 1. The number of fused-ring (bicyclic) bond motifs is 1. The third-order valence-electron chi connectivity index (χ3n) is 6.10. The average molecular weight is 387 g/mol. The van der Waals surface area contributed by atoms with Crippen LogP contribution in [0.15, 0.2) is 22.7 Å². The molecule has 2 bridgehead atoms. The number of aryl methyl sites for hydroxylation is 1. The summed E-state index contributed by atoms with van der Waals surface area (Å²) < 4.78 is 11.3. The molecule has 7 nitrogen and oxygen atoms in total. The minimum absolute atomic E-state index is 0.0797. The zero-order chi connectivity index (χ0) is 20.1. The summed E-state index contributed by atoms with van der Waals surface area (Å²) in [7, 11) is 0. The molecule has 2 saturated heterocycles. The van der Waals surface area contributed by atoms with E-state index in [1.807, 2.05) is 19.1 Å². The summed E-state index contributed by atoms with van der Waals surface area (Å²) >= 11 is 0. The molecule has 3 aliphatic heterocycles. The molecular formula is C21H29N3O4. The third-order valence-corrected chi connectivity index (χ3v) is 6.10. The van der Waals surface area contributed by atoms with Crippen molar-refractivity contribution in [3.8, 4) is 0 Å². The smallest absolute Gasteiger partial charge is 0.235 e. The highest BCUT2D eigenvalue weighted by Gasteiger charge is 2.67. The highest BCUT2D eigenvalue weighted by Crippen LogP contribution is 2.52. The molecule has 0 aliphatic carbocycles. The number of hydrogen-bond donors (Lipinski definition) is 1. The molecule has 5 atom stereocenters. The van der Waals surface area contributed by atoms with Crippen LogP contribution in [0.4, 0.5) is 5.82 Å². The van der Waals surface area contributed by atoms with Crippen molar-refractivity contribution in [2.75, 3.05) is 11.4 Å². The van der Waals surface area contributed by atoms with Gasteiger partial charge in [-0.1, -0.05) is 44.0 Å². The van der Waals surface area contributed by atoms with Crippen molar-refractivity contribution in [2.45, 2.75) is 64.7 Å². The van der Waals surface area contributed by atoms with Crippen molar-refractivity contribution >= 4 is 17.6 Å². The Morgan fingerprint density at radius 1 is 1.39 bits per heavy atom. The first-order valence-electron chi connectivity index (χ1n) is 10.2. The predicted molar refractivity (Wildman–Crippen MR) is 104 cm³/mol. The van der Waals surface area contributed by atoms with E-state index < -0.39 is 17.4 Å². The van der Waals surface area contributed by atoms with Crippen LogP contribution in [0.2, 0.25) is 0 Å². The van der Waals surface area contributed by atoms with Crippen LogP contribution in [-0.2, 0) is 14.3 Å². The largest absolute Gasteiger partial charge is 0.360 e. The second kappa shape index (κ2) is 7.03. The summed E-state index contributed by atoms with van der Waals surface area (Å²) in [5, 5.41) is 7.08. The van der Waals surface area contributed by atoms with Gasteiger partial charge in [-0.05, 0) is 26.2 Å². The van der Waals surface area contributed by atoms with Crippen molar-refractivity contribution < 1.29 is 18.8 Å². The molecule has 0 radical (unpaired) electrons. The maximum Gasteiger partial charge on any atom is 0.235 e. The van der Waals surface area contributed by atoms with Gasteiger partial charge in [-0.2, -0.15) is 0 Å². The van der Waals surface area contributed by atoms with Crippen LogP contribution in [0.5, 0.6) is 0 Å². The summed E-state index contributed by atoms with van der Waals surface area (Å²) in [6.45, 7) is 8.59. The van der Waals surface area contributed by atoms with E-state index >= 15 is 0 Å². The van der Waals surface area contributed by atoms with Gasteiger partial charge in [0.15, 0.2) is 5.82 Å². The number of ether oxygens (including phenoxy) is 1. The lowest BCUT2D eigenvalue weighted by Crippen LogP contribution is -2.46. The summed E-state index contributed by atoms with van der Waals surface area (Å²) in [5.41, 5.74) is -0.739. The fourth-order valence-corrected chi connectivity index (χ4v) is 4.72. The number of amides is 2. The van der Waals surface area contributed by atoms with Crippen LogP contribution >= 0.6 is 0 Å². The lowest BCUT2D eigenvalue weighted by atomic mass is 9.76. The quantitative estimate of drug-likeness (QED) is 0.727. The standard InChI is InChI=1S/C21H29N3O4/c1-12(2)6-5-7-13(3)22-19(25)17-15-8-9-21(27-15)11-24(20(26)18(17)21)16-10-14(4)28-23-16/h8-10,12-13,15,17-18H,5-7,11H2,1-4H3,(H,22,25)/t13-,15-,17-,18-,21+/m1/s1. The Kier molecular flexibility index (Phi) is 4.81. The predicted octanol–water partition coefficient (Wildman–Crippen LogP) is 2.60. The number of nitrogens with zero attached hydrogens (tertiary/aromatic N) is 2. The average Bonchev–Trinajstić information content (AvgIpc) is 3.35. The van der Waals surface area contributed by atoms with Gasteiger partial charge in [0.05, 0.1) is 24.5 Å². The SMILES string of the molecule is Cc1cc(N2C[C@]34C=C[C@@H](O3)[C@@H](C(=O)N[C@H](C)CCCC(C)C)[C@@H]4C2=O)no1. The van der Waals surface area contributed by atoms with Crippen LogP contribution in [0, 0.1) is 24.7 Å². The molecule has 1 spiro atoms. The molecule has 4 heterocycles. The molecule has 152 valence electrons. The molecule has 0 aromatic carbocycles. The second-order valence-electron chi connectivity index (χ2n) is 8.85. The van der Waals surface area contributed by atoms with E-state index in [0.717, 1.165) is 19.3 Å². The number of carbonyl (C=O) groups excluding carboxylic acids is 2. The Bertz CT molecular complexity index is 801. The minimum atomic E-state index is -0.739. The molecule has 3 aliphatic rings. The maximum atomic E-state index is 13.2. The first-order valence-corrected chi connectivity index (χ1v) is 10.2. The Labute approximate surface area is 165 Å². The molecule has 2 fully saturated rings. The van der Waals surface area contributed by atoms with E-state index in [0.29, 0.717) is 24.0 Å². The van der Waals surface area contributed by atoms with Crippen molar-refractivity contribution in [1.29, 1.82) is 0 Å². The Balaban J connectivity index is 1.46. The van der Waals surface area contributed by atoms with Crippen LogP contribution < -0.4 is 10.2 Å². The van der Waals surface area contributed by atoms with E-state index in [-0.39, 0.29) is 24.0 Å². The van der Waals surface area contributed by atoms with Gasteiger partial charge in [0.1, 0.15) is 11.4 Å². The molecular weight excluding hydrogens is 358 g/mol. The molecule has 0 saturated carbocycles. The topological polar surface area (TPSA) is 84.7 Å². The zero-order valence-electron chi connectivity index (χ0n) is 17.0. The third kappa shape index (κ3) is 3.15. The molecule has 1 aromatic heterocycles. The number of carbonyl (C=O) groups is 2. The van der Waals surface area contributed by atoms with E-state index in [1.54, 1.807) is 17.9 Å². The summed E-state index contributed by atoms with van der Waals surface area (Å²) in [6, 6.07) is 1.81. The Morgan fingerprint density at radius 2 is 2.18 bits per heavy atom. The molecule has 1 N–H and O–H groups in total. The highest BCUT2D eigenvalue weighted by atomic mass is 16.5. The molecule has 28 heavy (non-hydrogen) atoms. The Morgan fingerprint density at radius 3 is 2.86 bits per heavy atom. The van der Waals surface area contributed by atoms with Gasteiger partial charge >= 0.3 is 0 Å². The van der Waals surface area contributed by atoms with Crippen molar-refractivity contribution in [3.05, 3.63) is 24.0 Å². The van der Waals surface area contributed by atoms with Gasteiger partial charge in [-0.15, -0.1) is 0 Å². The number of anilines is 1.